The minimum Gasteiger partial charge on any atom is -0.508 e. The summed E-state index contributed by atoms with van der Waals surface area (Å²) in [6.07, 6.45) is 0. The predicted molar refractivity (Wildman–Crippen MR) is 73.5 cm³/mol. The van der Waals surface area contributed by atoms with Crippen molar-refractivity contribution in [3.63, 3.8) is 0 Å². The molecule has 0 atom stereocenters. The van der Waals surface area contributed by atoms with Gasteiger partial charge >= 0.3 is 0 Å². The third-order valence-corrected chi connectivity index (χ3v) is 3.48. The highest BCUT2D eigenvalue weighted by Gasteiger charge is 2.36. The molecule has 2 aromatic carbocycles. The molecule has 1 heterocycles. The van der Waals surface area contributed by atoms with E-state index in [4.69, 9.17) is 0 Å². The molecular weight excluding hydrogens is 254 g/mol. The largest absolute Gasteiger partial charge is 0.508 e. The summed E-state index contributed by atoms with van der Waals surface area (Å²) in [7, 11) is 0. The number of hydrogen-bond donors (Lipinski definition) is 1. The SMILES string of the molecule is Cc1cccc2c1C(=O)N(Cc1ccc(O)cc1)C2=O. The maximum atomic E-state index is 12.4. The second-order valence-corrected chi connectivity index (χ2v) is 4.86. The normalized spacial score (nSPS) is 13.8. The molecule has 1 aliphatic heterocycles. The van der Waals surface area contributed by atoms with Crippen LogP contribution in [0.5, 0.6) is 5.75 Å². The quantitative estimate of drug-likeness (QED) is 0.850. The van der Waals surface area contributed by atoms with Crippen LogP contribution in [0.1, 0.15) is 31.8 Å². The Balaban J connectivity index is 1.94. The van der Waals surface area contributed by atoms with Crippen molar-refractivity contribution < 1.29 is 14.7 Å². The van der Waals surface area contributed by atoms with Crippen LogP contribution in [0.2, 0.25) is 0 Å². The van der Waals surface area contributed by atoms with Gasteiger partial charge in [0, 0.05) is 0 Å². The number of phenols is 1. The number of fused-ring (bicyclic) bond motifs is 1. The van der Waals surface area contributed by atoms with Gasteiger partial charge in [-0.1, -0.05) is 24.3 Å². The Morgan fingerprint density at radius 3 is 2.35 bits per heavy atom. The van der Waals surface area contributed by atoms with E-state index in [2.05, 4.69) is 0 Å². The molecule has 3 rings (SSSR count). The highest BCUT2D eigenvalue weighted by molar-refractivity contribution is 6.21. The number of aromatic hydroxyl groups is 1. The summed E-state index contributed by atoms with van der Waals surface area (Å²) in [6, 6.07) is 11.8. The highest BCUT2D eigenvalue weighted by Crippen LogP contribution is 2.27. The van der Waals surface area contributed by atoms with E-state index in [1.54, 1.807) is 36.4 Å². The van der Waals surface area contributed by atoms with E-state index in [0.29, 0.717) is 11.1 Å². The summed E-state index contributed by atoms with van der Waals surface area (Å²) < 4.78 is 0. The summed E-state index contributed by atoms with van der Waals surface area (Å²) in [5.41, 5.74) is 2.58. The van der Waals surface area contributed by atoms with Crippen LogP contribution >= 0.6 is 0 Å². The summed E-state index contributed by atoms with van der Waals surface area (Å²) in [5.74, 6) is -0.357. The number of carbonyl (C=O) groups is 2. The number of amides is 2. The Morgan fingerprint density at radius 2 is 1.70 bits per heavy atom. The molecule has 0 aromatic heterocycles. The average molecular weight is 267 g/mol. The second-order valence-electron chi connectivity index (χ2n) is 4.86. The molecule has 2 amide bonds. The number of rotatable bonds is 2. The van der Waals surface area contributed by atoms with E-state index in [9.17, 15) is 14.7 Å². The number of carbonyl (C=O) groups excluding carboxylic acids is 2. The Kier molecular flexibility index (Phi) is 2.79. The van der Waals surface area contributed by atoms with Gasteiger partial charge in [-0.3, -0.25) is 14.5 Å². The van der Waals surface area contributed by atoms with Gasteiger partial charge in [-0.2, -0.15) is 0 Å². The minimum absolute atomic E-state index is 0.159. The van der Waals surface area contributed by atoms with Crippen LogP contribution in [0.25, 0.3) is 0 Å². The molecule has 0 radical (unpaired) electrons. The van der Waals surface area contributed by atoms with Gasteiger partial charge in [-0.05, 0) is 36.2 Å². The lowest BCUT2D eigenvalue weighted by Crippen LogP contribution is -2.29. The van der Waals surface area contributed by atoms with Crippen molar-refractivity contribution in [2.75, 3.05) is 0 Å². The molecule has 20 heavy (non-hydrogen) atoms. The molecule has 4 nitrogen and oxygen atoms in total. The Bertz CT molecular complexity index is 704. The van der Waals surface area contributed by atoms with Crippen LogP contribution in [-0.4, -0.2) is 21.8 Å². The molecule has 1 aliphatic rings. The molecule has 2 aromatic rings. The first kappa shape index (κ1) is 12.4. The second kappa shape index (κ2) is 4.49. The van der Waals surface area contributed by atoms with E-state index in [1.165, 1.54) is 4.90 Å². The van der Waals surface area contributed by atoms with Gasteiger partial charge in [-0.15, -0.1) is 0 Å². The summed E-state index contributed by atoms with van der Waals surface area (Å²) in [5, 5.41) is 9.25. The first-order valence-electron chi connectivity index (χ1n) is 6.31. The van der Waals surface area contributed by atoms with E-state index in [1.807, 2.05) is 13.0 Å². The molecule has 0 saturated carbocycles. The Morgan fingerprint density at radius 1 is 1.00 bits per heavy atom. The number of imide groups is 1. The third kappa shape index (κ3) is 1.86. The van der Waals surface area contributed by atoms with E-state index >= 15 is 0 Å². The van der Waals surface area contributed by atoms with Crippen LogP contribution in [0.4, 0.5) is 0 Å². The summed E-state index contributed by atoms with van der Waals surface area (Å²) in [6.45, 7) is 2.04. The van der Waals surface area contributed by atoms with Gasteiger partial charge in [0.15, 0.2) is 0 Å². The fourth-order valence-electron chi connectivity index (χ4n) is 2.43. The number of phenolic OH excluding ortho intramolecular Hbond substituents is 1. The number of benzene rings is 2. The predicted octanol–water partition coefficient (Wildman–Crippen LogP) is 2.50. The molecule has 1 N–H and O–H groups in total. The zero-order valence-corrected chi connectivity index (χ0v) is 11.0. The van der Waals surface area contributed by atoms with Gasteiger partial charge in [0.1, 0.15) is 5.75 Å². The van der Waals surface area contributed by atoms with E-state index < -0.39 is 0 Å². The third-order valence-electron chi connectivity index (χ3n) is 3.48. The van der Waals surface area contributed by atoms with Gasteiger partial charge < -0.3 is 5.11 Å². The van der Waals surface area contributed by atoms with Gasteiger partial charge in [0.25, 0.3) is 11.8 Å². The Hall–Kier alpha value is -2.62. The first-order valence-corrected chi connectivity index (χ1v) is 6.31. The van der Waals surface area contributed by atoms with Gasteiger partial charge in [0.2, 0.25) is 0 Å². The average Bonchev–Trinajstić information content (AvgIpc) is 2.67. The molecule has 0 bridgehead atoms. The topological polar surface area (TPSA) is 57.6 Å². The molecule has 4 heteroatoms. The molecular formula is C16H13NO3. The van der Waals surface area contributed by atoms with E-state index in [0.717, 1.165) is 11.1 Å². The van der Waals surface area contributed by atoms with Crippen molar-refractivity contribution in [1.29, 1.82) is 0 Å². The monoisotopic (exact) mass is 267 g/mol. The van der Waals surface area contributed by atoms with Gasteiger partial charge in [-0.25, -0.2) is 0 Å². The smallest absolute Gasteiger partial charge is 0.262 e. The molecule has 0 saturated heterocycles. The molecule has 0 fully saturated rings. The van der Waals surface area contributed by atoms with Crippen LogP contribution in [0.15, 0.2) is 42.5 Å². The summed E-state index contributed by atoms with van der Waals surface area (Å²) in [4.78, 5) is 25.9. The highest BCUT2D eigenvalue weighted by atomic mass is 16.3. The van der Waals surface area contributed by atoms with Crippen molar-refractivity contribution in [2.24, 2.45) is 0 Å². The lowest BCUT2D eigenvalue weighted by atomic mass is 10.0. The Labute approximate surface area is 116 Å². The molecule has 100 valence electrons. The molecule has 0 unspecified atom stereocenters. The fraction of sp³-hybridized carbons (Fsp3) is 0.125. The van der Waals surface area contributed by atoms with Crippen molar-refractivity contribution in [3.05, 3.63) is 64.7 Å². The van der Waals surface area contributed by atoms with Crippen molar-refractivity contribution >= 4 is 11.8 Å². The van der Waals surface area contributed by atoms with Crippen molar-refractivity contribution in [2.45, 2.75) is 13.5 Å². The van der Waals surface area contributed by atoms with Gasteiger partial charge in [0.05, 0.1) is 17.7 Å². The number of aryl methyl sites for hydroxylation is 1. The molecule has 0 aliphatic carbocycles. The lowest BCUT2D eigenvalue weighted by molar-refractivity contribution is 0.0642. The van der Waals surface area contributed by atoms with E-state index in [-0.39, 0.29) is 24.1 Å². The minimum atomic E-state index is -0.262. The number of hydrogen-bond acceptors (Lipinski definition) is 3. The van der Waals surface area contributed by atoms with Crippen LogP contribution in [-0.2, 0) is 6.54 Å². The maximum absolute atomic E-state index is 12.4. The fourth-order valence-corrected chi connectivity index (χ4v) is 2.43. The zero-order chi connectivity index (χ0) is 14.3. The first-order chi connectivity index (χ1) is 9.58. The van der Waals surface area contributed by atoms with Crippen molar-refractivity contribution in [1.82, 2.24) is 4.90 Å². The molecule has 0 spiro atoms. The van der Waals surface area contributed by atoms with Crippen LogP contribution in [0, 0.1) is 6.92 Å². The van der Waals surface area contributed by atoms with Crippen LogP contribution in [0.3, 0.4) is 0 Å². The summed E-state index contributed by atoms with van der Waals surface area (Å²) >= 11 is 0. The zero-order valence-electron chi connectivity index (χ0n) is 11.0. The lowest BCUT2D eigenvalue weighted by Gasteiger charge is -2.13. The maximum Gasteiger partial charge on any atom is 0.262 e. The van der Waals surface area contributed by atoms with Crippen molar-refractivity contribution in [3.8, 4) is 5.75 Å². The van der Waals surface area contributed by atoms with Crippen LogP contribution < -0.4 is 0 Å². The standard InChI is InChI=1S/C16H13NO3/c1-10-3-2-4-13-14(10)16(20)17(15(13)19)9-11-5-7-12(18)8-6-11/h2-8,18H,9H2,1H3. The number of nitrogens with zero attached hydrogens (tertiary/aromatic N) is 1.